The second kappa shape index (κ2) is 6.03. The first-order valence-corrected chi connectivity index (χ1v) is 5.56. The average molecular weight is 268 g/mol. The Morgan fingerprint density at radius 2 is 2.11 bits per heavy atom. The van der Waals surface area contributed by atoms with Crippen LogP contribution in [0.4, 0.5) is 13.2 Å². The highest BCUT2D eigenvalue weighted by atomic mass is 19.4. The van der Waals surface area contributed by atoms with E-state index in [9.17, 15) is 22.8 Å². The number of carbonyl (C=O) groups is 2. The molecule has 0 aromatic rings. The summed E-state index contributed by atoms with van der Waals surface area (Å²) < 4.78 is 36.5. The summed E-state index contributed by atoms with van der Waals surface area (Å²) in [6.45, 7) is 0.363. The third kappa shape index (κ3) is 4.17. The predicted octanol–water partition coefficient (Wildman–Crippen LogP) is 0.460. The maximum Gasteiger partial charge on any atom is 0.394 e. The SMILES string of the molecule is O=CNC(CCCN1CC(C(F)(F)F)C1)C(=O)O. The molecule has 0 aromatic carbocycles. The first-order valence-electron chi connectivity index (χ1n) is 5.56. The molecule has 1 heterocycles. The number of hydrogen-bond donors (Lipinski definition) is 2. The van der Waals surface area contributed by atoms with E-state index in [1.807, 2.05) is 0 Å². The van der Waals surface area contributed by atoms with E-state index in [-0.39, 0.29) is 19.5 Å². The molecule has 8 heteroatoms. The van der Waals surface area contributed by atoms with Gasteiger partial charge in [-0.15, -0.1) is 0 Å². The average Bonchev–Trinajstić information content (AvgIpc) is 2.17. The molecular formula is C10H15F3N2O3. The van der Waals surface area contributed by atoms with E-state index in [0.717, 1.165) is 0 Å². The monoisotopic (exact) mass is 268 g/mol. The highest BCUT2D eigenvalue weighted by Crippen LogP contribution is 2.33. The molecule has 1 saturated heterocycles. The lowest BCUT2D eigenvalue weighted by Gasteiger charge is -2.40. The summed E-state index contributed by atoms with van der Waals surface area (Å²) in [6, 6.07) is -0.970. The highest BCUT2D eigenvalue weighted by Gasteiger charge is 2.46. The van der Waals surface area contributed by atoms with Crippen LogP contribution in [0.1, 0.15) is 12.8 Å². The van der Waals surface area contributed by atoms with E-state index in [0.29, 0.717) is 19.4 Å². The number of nitrogens with zero attached hydrogens (tertiary/aromatic N) is 1. The number of likely N-dealkylation sites (tertiary alicyclic amines) is 1. The number of rotatable bonds is 7. The molecule has 2 N–H and O–H groups in total. The molecule has 1 aliphatic heterocycles. The summed E-state index contributed by atoms with van der Waals surface area (Å²) in [6.07, 6.45) is -3.19. The number of carboxylic acid groups (broad SMARTS) is 1. The van der Waals surface area contributed by atoms with E-state index >= 15 is 0 Å². The Morgan fingerprint density at radius 1 is 1.50 bits per heavy atom. The number of carboxylic acids is 1. The van der Waals surface area contributed by atoms with E-state index < -0.39 is 24.1 Å². The Labute approximate surface area is 102 Å². The molecule has 0 saturated carbocycles. The molecule has 1 rings (SSSR count). The van der Waals surface area contributed by atoms with Crippen molar-refractivity contribution in [1.82, 2.24) is 10.2 Å². The Kier molecular flexibility index (Phi) is 4.94. The number of hydrogen-bond acceptors (Lipinski definition) is 3. The first kappa shape index (κ1) is 14.7. The van der Waals surface area contributed by atoms with Gasteiger partial charge in [0.05, 0.1) is 5.92 Å². The molecule has 1 aliphatic rings. The first-order chi connectivity index (χ1) is 8.34. The molecule has 0 spiro atoms. The highest BCUT2D eigenvalue weighted by molar-refractivity contribution is 5.76. The van der Waals surface area contributed by atoms with Gasteiger partial charge < -0.3 is 15.3 Å². The summed E-state index contributed by atoms with van der Waals surface area (Å²) in [5.41, 5.74) is 0. The smallest absolute Gasteiger partial charge is 0.394 e. The van der Waals surface area contributed by atoms with Crippen LogP contribution in [-0.4, -0.2) is 54.2 Å². The Morgan fingerprint density at radius 3 is 2.56 bits per heavy atom. The summed E-state index contributed by atoms with van der Waals surface area (Å²) in [4.78, 5) is 22.4. The second-order valence-electron chi connectivity index (χ2n) is 4.32. The van der Waals surface area contributed by atoms with Crippen molar-refractivity contribution in [2.75, 3.05) is 19.6 Å². The molecule has 0 radical (unpaired) electrons. The summed E-state index contributed by atoms with van der Waals surface area (Å²) in [5, 5.41) is 10.9. The Balaban J connectivity index is 2.16. The van der Waals surface area contributed by atoms with Crippen molar-refractivity contribution in [2.45, 2.75) is 25.1 Å². The molecule has 1 unspecified atom stereocenters. The number of halogens is 3. The molecule has 5 nitrogen and oxygen atoms in total. The van der Waals surface area contributed by atoms with Crippen LogP contribution in [0.2, 0.25) is 0 Å². The molecule has 0 aromatic heterocycles. The molecular weight excluding hydrogens is 253 g/mol. The zero-order chi connectivity index (χ0) is 13.8. The zero-order valence-corrected chi connectivity index (χ0v) is 9.61. The third-order valence-corrected chi connectivity index (χ3v) is 2.95. The van der Waals surface area contributed by atoms with Crippen molar-refractivity contribution in [1.29, 1.82) is 0 Å². The van der Waals surface area contributed by atoms with Gasteiger partial charge in [0.25, 0.3) is 0 Å². The van der Waals surface area contributed by atoms with Crippen molar-refractivity contribution in [2.24, 2.45) is 5.92 Å². The van der Waals surface area contributed by atoms with Gasteiger partial charge in [-0.1, -0.05) is 0 Å². The fourth-order valence-electron chi connectivity index (χ4n) is 1.84. The van der Waals surface area contributed by atoms with Crippen LogP contribution in [0.3, 0.4) is 0 Å². The normalized spacial score (nSPS) is 19.1. The molecule has 0 aliphatic carbocycles. The van der Waals surface area contributed by atoms with Crippen molar-refractivity contribution in [3.05, 3.63) is 0 Å². The van der Waals surface area contributed by atoms with E-state index in [4.69, 9.17) is 5.11 Å². The van der Waals surface area contributed by atoms with E-state index in [1.165, 1.54) is 0 Å². The van der Waals surface area contributed by atoms with Crippen LogP contribution in [0.15, 0.2) is 0 Å². The topological polar surface area (TPSA) is 69.6 Å². The van der Waals surface area contributed by atoms with Gasteiger partial charge >= 0.3 is 12.1 Å². The number of carbonyl (C=O) groups excluding carboxylic acids is 1. The standard InChI is InChI=1S/C10H15F3N2O3/c11-10(12,13)7-4-15(5-7)3-1-2-8(9(17)18)14-6-16/h6-8H,1-5H2,(H,14,16)(H,17,18). The molecule has 104 valence electrons. The van der Waals surface area contributed by atoms with Crippen molar-refractivity contribution < 1.29 is 27.9 Å². The molecule has 1 fully saturated rings. The lowest BCUT2D eigenvalue weighted by molar-refractivity contribution is -0.209. The minimum absolute atomic E-state index is 0.0254. The minimum atomic E-state index is -4.14. The predicted molar refractivity (Wildman–Crippen MR) is 55.8 cm³/mol. The molecule has 0 bridgehead atoms. The van der Waals surface area contributed by atoms with Gasteiger partial charge in [0.1, 0.15) is 6.04 Å². The maximum absolute atomic E-state index is 12.2. The van der Waals surface area contributed by atoms with Gasteiger partial charge in [-0.25, -0.2) is 4.79 Å². The van der Waals surface area contributed by atoms with Crippen molar-refractivity contribution in [3.63, 3.8) is 0 Å². The van der Waals surface area contributed by atoms with Crippen LogP contribution in [0.25, 0.3) is 0 Å². The molecule has 1 atom stereocenters. The van der Waals surface area contributed by atoms with Crippen LogP contribution >= 0.6 is 0 Å². The van der Waals surface area contributed by atoms with Crippen LogP contribution in [-0.2, 0) is 9.59 Å². The minimum Gasteiger partial charge on any atom is -0.480 e. The van der Waals surface area contributed by atoms with E-state index in [1.54, 1.807) is 4.90 Å². The van der Waals surface area contributed by atoms with Gasteiger partial charge in [0.2, 0.25) is 6.41 Å². The fraction of sp³-hybridized carbons (Fsp3) is 0.800. The Hall–Kier alpha value is -1.31. The van der Waals surface area contributed by atoms with Gasteiger partial charge in [0.15, 0.2) is 0 Å². The summed E-state index contributed by atoms with van der Waals surface area (Å²) in [7, 11) is 0. The van der Waals surface area contributed by atoms with Crippen LogP contribution in [0, 0.1) is 5.92 Å². The Bertz CT molecular complexity index is 303. The van der Waals surface area contributed by atoms with Gasteiger partial charge in [-0.2, -0.15) is 13.2 Å². The number of nitrogens with one attached hydrogen (secondary N) is 1. The summed E-state index contributed by atoms with van der Waals surface area (Å²) in [5.74, 6) is -2.40. The molecule has 18 heavy (non-hydrogen) atoms. The lowest BCUT2D eigenvalue weighted by atomic mass is 9.99. The van der Waals surface area contributed by atoms with Gasteiger partial charge in [-0.3, -0.25) is 4.79 Å². The number of amides is 1. The van der Waals surface area contributed by atoms with Gasteiger partial charge in [0, 0.05) is 13.1 Å². The zero-order valence-electron chi connectivity index (χ0n) is 9.61. The van der Waals surface area contributed by atoms with Crippen molar-refractivity contribution in [3.8, 4) is 0 Å². The number of aliphatic carboxylic acids is 1. The fourth-order valence-corrected chi connectivity index (χ4v) is 1.84. The quantitative estimate of drug-likeness (QED) is 0.658. The van der Waals surface area contributed by atoms with Crippen LogP contribution < -0.4 is 5.32 Å². The van der Waals surface area contributed by atoms with Crippen LogP contribution in [0.5, 0.6) is 0 Å². The summed E-state index contributed by atoms with van der Waals surface area (Å²) >= 11 is 0. The van der Waals surface area contributed by atoms with Crippen molar-refractivity contribution >= 4 is 12.4 Å². The molecule has 1 amide bonds. The lowest BCUT2D eigenvalue weighted by Crippen LogP contribution is -2.53. The number of alkyl halides is 3. The van der Waals surface area contributed by atoms with Gasteiger partial charge in [-0.05, 0) is 19.4 Å². The maximum atomic E-state index is 12.2. The second-order valence-corrected chi connectivity index (χ2v) is 4.32. The van der Waals surface area contributed by atoms with E-state index in [2.05, 4.69) is 5.32 Å². The largest absolute Gasteiger partial charge is 0.480 e. The third-order valence-electron chi connectivity index (χ3n) is 2.95.